The number of likely N-dealkylation sites (tertiary alicyclic amines) is 1. The summed E-state index contributed by atoms with van der Waals surface area (Å²) in [5, 5.41) is 1.32. The molecule has 2 heterocycles. The van der Waals surface area contributed by atoms with E-state index in [4.69, 9.17) is 4.74 Å². The van der Waals surface area contributed by atoms with Crippen LogP contribution in [0.4, 0.5) is 4.79 Å². The summed E-state index contributed by atoms with van der Waals surface area (Å²) in [4.78, 5) is 16.8. The van der Waals surface area contributed by atoms with Gasteiger partial charge in [-0.2, -0.15) is 0 Å². The lowest BCUT2D eigenvalue weighted by atomic mass is 9.87. The fraction of sp³-hybridized carbons (Fsp3) is 0.438. The zero-order chi connectivity index (χ0) is 14.1. The molecule has 4 nitrogen and oxygen atoms in total. The number of nitrogens with zero attached hydrogens (tertiary/aromatic N) is 1. The van der Waals surface area contributed by atoms with Crippen LogP contribution in [-0.2, 0) is 4.74 Å². The van der Waals surface area contributed by atoms with Gasteiger partial charge >= 0.3 is 6.09 Å². The Hall–Kier alpha value is -1.97. The number of nitrogens with one attached hydrogen (secondary N) is 1. The Morgan fingerprint density at radius 2 is 2.00 bits per heavy atom. The molecule has 1 amide bonds. The number of fused-ring (bicyclic) bond motifs is 1. The van der Waals surface area contributed by atoms with Crippen molar-refractivity contribution in [3.8, 4) is 0 Å². The highest BCUT2D eigenvalue weighted by atomic mass is 16.5. The molecule has 1 aromatic carbocycles. The van der Waals surface area contributed by atoms with E-state index in [0.717, 1.165) is 25.9 Å². The number of amides is 1. The molecule has 0 saturated carbocycles. The van der Waals surface area contributed by atoms with Gasteiger partial charge in [-0.05, 0) is 37.3 Å². The Labute approximate surface area is 118 Å². The SMILES string of the molecule is COC(=O)N1CCC(c2c(C)[nH]c3ccccc23)CC1. The highest BCUT2D eigenvalue weighted by molar-refractivity contribution is 5.85. The monoisotopic (exact) mass is 272 g/mol. The summed E-state index contributed by atoms with van der Waals surface area (Å²) in [6.45, 7) is 3.69. The van der Waals surface area contributed by atoms with Crippen LogP contribution in [0.3, 0.4) is 0 Å². The Balaban J connectivity index is 1.83. The molecule has 1 saturated heterocycles. The van der Waals surface area contributed by atoms with Gasteiger partial charge in [0.25, 0.3) is 0 Å². The third-order valence-electron chi connectivity index (χ3n) is 4.28. The number of benzene rings is 1. The number of carbonyl (C=O) groups excluding carboxylic acids is 1. The first-order valence-electron chi connectivity index (χ1n) is 7.11. The van der Waals surface area contributed by atoms with Crippen LogP contribution in [-0.4, -0.2) is 36.2 Å². The van der Waals surface area contributed by atoms with Gasteiger partial charge in [0, 0.05) is 29.7 Å². The number of rotatable bonds is 1. The number of methoxy groups -OCH3 is 1. The molecule has 1 aromatic heterocycles. The molecule has 4 heteroatoms. The van der Waals surface area contributed by atoms with Crippen LogP contribution in [0.1, 0.15) is 30.0 Å². The molecule has 3 rings (SSSR count). The zero-order valence-corrected chi connectivity index (χ0v) is 12.0. The molecular weight excluding hydrogens is 252 g/mol. The molecule has 1 N–H and O–H groups in total. The minimum absolute atomic E-state index is 0.209. The average molecular weight is 272 g/mol. The van der Waals surface area contributed by atoms with Crippen molar-refractivity contribution in [1.29, 1.82) is 0 Å². The van der Waals surface area contributed by atoms with E-state index in [1.807, 2.05) is 0 Å². The minimum atomic E-state index is -0.209. The molecule has 20 heavy (non-hydrogen) atoms. The van der Waals surface area contributed by atoms with Crippen molar-refractivity contribution in [3.05, 3.63) is 35.5 Å². The quantitative estimate of drug-likeness (QED) is 0.864. The highest BCUT2D eigenvalue weighted by Crippen LogP contribution is 2.35. The summed E-state index contributed by atoms with van der Waals surface area (Å²) >= 11 is 0. The number of aromatic amines is 1. The normalized spacial score (nSPS) is 16.6. The van der Waals surface area contributed by atoms with Gasteiger partial charge in [-0.15, -0.1) is 0 Å². The van der Waals surface area contributed by atoms with Gasteiger partial charge in [0.15, 0.2) is 0 Å². The molecule has 1 aliphatic heterocycles. The van der Waals surface area contributed by atoms with Crippen molar-refractivity contribution in [2.45, 2.75) is 25.7 Å². The molecule has 0 unspecified atom stereocenters. The van der Waals surface area contributed by atoms with Gasteiger partial charge in [0.2, 0.25) is 0 Å². The molecule has 1 aliphatic rings. The average Bonchev–Trinajstić information content (AvgIpc) is 2.82. The van der Waals surface area contributed by atoms with Crippen LogP contribution >= 0.6 is 0 Å². The van der Waals surface area contributed by atoms with Crippen LogP contribution < -0.4 is 0 Å². The Kier molecular flexibility index (Phi) is 3.38. The molecular formula is C16H20N2O2. The van der Waals surface area contributed by atoms with Crippen LogP contribution in [0.25, 0.3) is 10.9 Å². The van der Waals surface area contributed by atoms with E-state index < -0.39 is 0 Å². The number of para-hydroxylation sites is 1. The fourth-order valence-electron chi connectivity index (χ4n) is 3.30. The maximum Gasteiger partial charge on any atom is 0.409 e. The Morgan fingerprint density at radius 3 is 2.70 bits per heavy atom. The van der Waals surface area contributed by atoms with E-state index in [-0.39, 0.29) is 6.09 Å². The van der Waals surface area contributed by atoms with Gasteiger partial charge in [-0.1, -0.05) is 18.2 Å². The number of aryl methyl sites for hydroxylation is 1. The van der Waals surface area contributed by atoms with Gasteiger partial charge in [0.1, 0.15) is 0 Å². The first-order valence-corrected chi connectivity index (χ1v) is 7.11. The van der Waals surface area contributed by atoms with E-state index in [1.54, 1.807) is 4.90 Å². The number of H-pyrrole nitrogens is 1. The number of carbonyl (C=O) groups is 1. The lowest BCUT2D eigenvalue weighted by molar-refractivity contribution is 0.112. The smallest absolute Gasteiger partial charge is 0.409 e. The number of ether oxygens (including phenoxy) is 1. The third-order valence-corrected chi connectivity index (χ3v) is 4.28. The minimum Gasteiger partial charge on any atom is -0.453 e. The number of hydrogen-bond donors (Lipinski definition) is 1. The van der Waals surface area contributed by atoms with Crippen molar-refractivity contribution < 1.29 is 9.53 Å². The largest absolute Gasteiger partial charge is 0.453 e. The summed E-state index contributed by atoms with van der Waals surface area (Å²) in [7, 11) is 1.44. The molecule has 1 fully saturated rings. The molecule has 0 bridgehead atoms. The van der Waals surface area contributed by atoms with Crippen molar-refractivity contribution in [2.24, 2.45) is 0 Å². The maximum atomic E-state index is 11.5. The van der Waals surface area contributed by atoms with E-state index in [0.29, 0.717) is 5.92 Å². The van der Waals surface area contributed by atoms with Crippen molar-refractivity contribution in [1.82, 2.24) is 9.88 Å². The van der Waals surface area contributed by atoms with Crippen LogP contribution in [0.2, 0.25) is 0 Å². The summed E-state index contributed by atoms with van der Waals surface area (Å²) in [5.74, 6) is 0.520. The predicted molar refractivity (Wildman–Crippen MR) is 79.0 cm³/mol. The van der Waals surface area contributed by atoms with Crippen molar-refractivity contribution >= 4 is 17.0 Å². The Bertz CT molecular complexity index is 624. The predicted octanol–water partition coefficient (Wildman–Crippen LogP) is 3.42. The van der Waals surface area contributed by atoms with Gasteiger partial charge in [-0.3, -0.25) is 0 Å². The first-order chi connectivity index (χ1) is 9.70. The van der Waals surface area contributed by atoms with Gasteiger partial charge < -0.3 is 14.6 Å². The van der Waals surface area contributed by atoms with E-state index in [2.05, 4.69) is 36.2 Å². The summed E-state index contributed by atoms with van der Waals surface area (Å²) in [5.41, 5.74) is 3.88. The van der Waals surface area contributed by atoms with Crippen LogP contribution in [0, 0.1) is 6.92 Å². The topological polar surface area (TPSA) is 45.3 Å². The molecule has 0 radical (unpaired) electrons. The van der Waals surface area contributed by atoms with Crippen LogP contribution in [0.5, 0.6) is 0 Å². The fourth-order valence-corrected chi connectivity index (χ4v) is 3.30. The summed E-state index contributed by atoms with van der Waals surface area (Å²) in [6.07, 6.45) is 1.79. The Morgan fingerprint density at radius 1 is 1.30 bits per heavy atom. The second-order valence-electron chi connectivity index (χ2n) is 5.44. The zero-order valence-electron chi connectivity index (χ0n) is 12.0. The lowest BCUT2D eigenvalue weighted by Crippen LogP contribution is -2.37. The van der Waals surface area contributed by atoms with Gasteiger partial charge in [-0.25, -0.2) is 4.79 Å². The number of piperidine rings is 1. The third kappa shape index (κ3) is 2.15. The van der Waals surface area contributed by atoms with E-state index in [9.17, 15) is 4.79 Å². The van der Waals surface area contributed by atoms with E-state index in [1.165, 1.54) is 29.3 Å². The molecule has 106 valence electrons. The summed E-state index contributed by atoms with van der Waals surface area (Å²) < 4.78 is 4.79. The van der Waals surface area contributed by atoms with E-state index >= 15 is 0 Å². The maximum absolute atomic E-state index is 11.5. The molecule has 0 atom stereocenters. The van der Waals surface area contributed by atoms with Crippen molar-refractivity contribution in [3.63, 3.8) is 0 Å². The lowest BCUT2D eigenvalue weighted by Gasteiger charge is -2.31. The molecule has 2 aromatic rings. The standard InChI is InChI=1S/C16H20N2O2/c1-11-15(13-5-3-4-6-14(13)17-11)12-7-9-18(10-8-12)16(19)20-2/h3-6,12,17H,7-10H2,1-2H3. The molecule has 0 aliphatic carbocycles. The molecule has 0 spiro atoms. The highest BCUT2D eigenvalue weighted by Gasteiger charge is 2.26. The van der Waals surface area contributed by atoms with Crippen molar-refractivity contribution in [2.75, 3.05) is 20.2 Å². The summed E-state index contributed by atoms with van der Waals surface area (Å²) in [6, 6.07) is 8.45. The second kappa shape index (κ2) is 5.19. The first kappa shape index (κ1) is 13.0. The van der Waals surface area contributed by atoms with Gasteiger partial charge in [0.05, 0.1) is 7.11 Å². The second-order valence-corrected chi connectivity index (χ2v) is 5.44. The van der Waals surface area contributed by atoms with Crippen LogP contribution in [0.15, 0.2) is 24.3 Å². The number of hydrogen-bond acceptors (Lipinski definition) is 2. The number of aromatic nitrogens is 1.